The lowest BCUT2D eigenvalue weighted by molar-refractivity contribution is 0.0222. The van der Waals surface area contributed by atoms with Gasteiger partial charge in [0.2, 0.25) is 5.95 Å². The van der Waals surface area contributed by atoms with Gasteiger partial charge in [-0.3, -0.25) is 4.68 Å². The van der Waals surface area contributed by atoms with Crippen LogP contribution in [0.4, 0.5) is 16.0 Å². The van der Waals surface area contributed by atoms with Crippen LogP contribution in [0.15, 0.2) is 24.5 Å². The van der Waals surface area contributed by atoms with Crippen LogP contribution in [0.5, 0.6) is 5.75 Å². The Morgan fingerprint density at radius 2 is 2.09 bits per heavy atom. The van der Waals surface area contributed by atoms with E-state index in [2.05, 4.69) is 20.1 Å². The van der Waals surface area contributed by atoms with Crippen LogP contribution < -0.4 is 15.4 Å². The lowest BCUT2D eigenvalue weighted by atomic mass is 9.97. The van der Waals surface area contributed by atoms with Gasteiger partial charge in [-0.05, 0) is 45.1 Å². The number of anilines is 2. The normalized spacial score (nSPS) is 25.1. The molecule has 0 spiro atoms. The third kappa shape index (κ3) is 3.65. The molecule has 11 heteroatoms. The summed E-state index contributed by atoms with van der Waals surface area (Å²) in [4.78, 5) is 11.4. The maximum absolute atomic E-state index is 14.4. The largest absolute Gasteiger partial charge is 0.494 e. The number of ether oxygens (including phenoxy) is 1. The van der Waals surface area contributed by atoms with Gasteiger partial charge in [0.25, 0.3) is 0 Å². The predicted octanol–water partition coefficient (Wildman–Crippen LogP) is 3.06. The van der Waals surface area contributed by atoms with Crippen molar-refractivity contribution in [2.45, 2.75) is 56.6 Å². The number of fused-ring (bicyclic) bond motifs is 3. The molecule has 0 amide bonds. The number of nitrogens with two attached hydrogens (primary N) is 1. The molecular formula is C24H29FN8O2. The number of halogens is 1. The monoisotopic (exact) mass is 480 g/mol. The first-order valence-corrected chi connectivity index (χ1v) is 12.0. The number of rotatable bonds is 4. The molecular weight excluding hydrogens is 451 g/mol. The highest BCUT2D eigenvalue weighted by atomic mass is 19.1. The Bertz CT molecular complexity index is 1410. The summed E-state index contributed by atoms with van der Waals surface area (Å²) < 4.78 is 22.9. The van der Waals surface area contributed by atoms with E-state index >= 15 is 0 Å². The molecule has 0 radical (unpaired) electrons. The molecule has 1 saturated heterocycles. The molecule has 2 fully saturated rings. The quantitative estimate of drug-likeness (QED) is 0.457. The van der Waals surface area contributed by atoms with Gasteiger partial charge >= 0.3 is 0 Å². The average molecular weight is 481 g/mol. The van der Waals surface area contributed by atoms with Crippen molar-refractivity contribution in [1.82, 2.24) is 29.4 Å². The van der Waals surface area contributed by atoms with Crippen LogP contribution >= 0.6 is 0 Å². The van der Waals surface area contributed by atoms with E-state index in [-0.39, 0.29) is 23.7 Å². The Balaban J connectivity index is 1.30. The molecule has 3 atom stereocenters. The summed E-state index contributed by atoms with van der Waals surface area (Å²) in [5.74, 6) is 0.561. The third-order valence-electron chi connectivity index (χ3n) is 7.52. The topological polar surface area (TPSA) is 120 Å². The first-order chi connectivity index (χ1) is 16.8. The van der Waals surface area contributed by atoms with E-state index < -0.39 is 11.4 Å². The van der Waals surface area contributed by atoms with E-state index in [0.29, 0.717) is 22.4 Å². The fourth-order valence-corrected chi connectivity index (χ4v) is 5.61. The Hall–Kier alpha value is -3.47. The zero-order valence-corrected chi connectivity index (χ0v) is 19.9. The fraction of sp³-hybridized carbons (Fsp3) is 0.500. The summed E-state index contributed by atoms with van der Waals surface area (Å²) in [5, 5.41) is 20.5. The minimum atomic E-state index is -0.728. The number of benzene rings is 1. The molecule has 10 nitrogen and oxygen atoms in total. The number of piperidine rings is 1. The fourth-order valence-electron chi connectivity index (χ4n) is 5.61. The molecule has 6 rings (SSSR count). The van der Waals surface area contributed by atoms with Crippen molar-refractivity contribution >= 4 is 28.2 Å². The Labute approximate surface area is 201 Å². The van der Waals surface area contributed by atoms with Crippen LogP contribution in [0.2, 0.25) is 0 Å². The second-order valence-electron chi connectivity index (χ2n) is 9.91. The predicted molar refractivity (Wildman–Crippen MR) is 129 cm³/mol. The SMILES string of the molecule is COc1cc2nc(N)n3nc([C@@H]4CCCN(c5cnn(C6CCCC6(C)O)c5)C4)nc3c2cc1F. The maximum Gasteiger partial charge on any atom is 0.223 e. The van der Waals surface area contributed by atoms with Gasteiger partial charge < -0.3 is 20.5 Å². The standard InChI is InChI=1S/C24H29FN8O2/c1-24(34)7-3-6-20(24)32-13-15(11-27-32)31-8-4-5-14(12-31)21-29-22-16-9-17(25)19(35-2)10-18(16)28-23(26)33(22)30-21/h9-11,13-14,20,34H,3-8,12H2,1-2H3,(H2,26,28)/t14-,20?,24?/m1/s1. The zero-order chi connectivity index (χ0) is 24.3. The average Bonchev–Trinajstić information content (AvgIpc) is 3.57. The first kappa shape index (κ1) is 22.0. The third-order valence-corrected chi connectivity index (χ3v) is 7.52. The van der Waals surface area contributed by atoms with Gasteiger partial charge in [0.15, 0.2) is 23.0 Å². The van der Waals surface area contributed by atoms with E-state index in [1.807, 2.05) is 24.0 Å². The van der Waals surface area contributed by atoms with Gasteiger partial charge in [0, 0.05) is 36.7 Å². The van der Waals surface area contributed by atoms with Crippen molar-refractivity contribution in [1.29, 1.82) is 0 Å². The highest BCUT2D eigenvalue weighted by Crippen LogP contribution is 2.39. The Morgan fingerprint density at radius 1 is 1.23 bits per heavy atom. The summed E-state index contributed by atoms with van der Waals surface area (Å²) in [6, 6.07) is 2.89. The lowest BCUT2D eigenvalue weighted by Crippen LogP contribution is -2.35. The summed E-state index contributed by atoms with van der Waals surface area (Å²) in [5.41, 5.74) is 7.46. The van der Waals surface area contributed by atoms with Gasteiger partial charge in [-0.2, -0.15) is 9.61 Å². The van der Waals surface area contributed by atoms with Crippen LogP contribution in [0.1, 0.15) is 56.8 Å². The molecule has 184 valence electrons. The van der Waals surface area contributed by atoms with E-state index in [0.717, 1.165) is 50.9 Å². The van der Waals surface area contributed by atoms with E-state index in [1.54, 1.807) is 0 Å². The molecule has 3 aromatic heterocycles. The van der Waals surface area contributed by atoms with Crippen LogP contribution in [0.3, 0.4) is 0 Å². The molecule has 2 aliphatic rings. The second-order valence-corrected chi connectivity index (χ2v) is 9.91. The number of hydrogen-bond donors (Lipinski definition) is 2. The Kier molecular flexibility index (Phi) is 5.06. The number of aliphatic hydroxyl groups is 1. The molecule has 4 heterocycles. The van der Waals surface area contributed by atoms with Crippen molar-refractivity contribution in [2.24, 2.45) is 0 Å². The molecule has 1 aliphatic carbocycles. The number of aromatic nitrogens is 6. The number of nitrogens with zero attached hydrogens (tertiary/aromatic N) is 7. The van der Waals surface area contributed by atoms with E-state index in [1.165, 1.54) is 23.8 Å². The minimum Gasteiger partial charge on any atom is -0.494 e. The molecule has 4 aromatic rings. The van der Waals surface area contributed by atoms with Crippen LogP contribution in [-0.2, 0) is 0 Å². The van der Waals surface area contributed by atoms with Crippen molar-refractivity contribution in [3.63, 3.8) is 0 Å². The van der Waals surface area contributed by atoms with Gasteiger partial charge in [-0.1, -0.05) is 0 Å². The van der Waals surface area contributed by atoms with Gasteiger partial charge in [0.05, 0.1) is 36.2 Å². The van der Waals surface area contributed by atoms with E-state index in [9.17, 15) is 9.50 Å². The van der Waals surface area contributed by atoms with E-state index in [4.69, 9.17) is 15.5 Å². The number of nitrogen functional groups attached to an aromatic ring is 1. The molecule has 1 saturated carbocycles. The maximum atomic E-state index is 14.4. The van der Waals surface area contributed by atoms with Gasteiger partial charge in [-0.25, -0.2) is 14.4 Å². The minimum absolute atomic E-state index is 0.000260. The molecule has 1 aliphatic heterocycles. The number of hydrogen-bond acceptors (Lipinski definition) is 8. The molecule has 35 heavy (non-hydrogen) atoms. The summed E-state index contributed by atoms with van der Waals surface area (Å²) in [7, 11) is 1.41. The molecule has 0 bridgehead atoms. The first-order valence-electron chi connectivity index (χ1n) is 12.0. The molecule has 3 N–H and O–H groups in total. The van der Waals surface area contributed by atoms with Crippen molar-refractivity contribution in [2.75, 3.05) is 30.8 Å². The summed E-state index contributed by atoms with van der Waals surface area (Å²) in [6.07, 6.45) is 8.55. The Morgan fingerprint density at radius 3 is 2.86 bits per heavy atom. The van der Waals surface area contributed by atoms with Gasteiger partial charge in [-0.15, -0.1) is 5.10 Å². The highest BCUT2D eigenvalue weighted by molar-refractivity contribution is 5.93. The number of methoxy groups -OCH3 is 1. The van der Waals surface area contributed by atoms with Crippen molar-refractivity contribution in [3.05, 3.63) is 36.2 Å². The summed E-state index contributed by atoms with van der Waals surface area (Å²) in [6.45, 7) is 3.54. The smallest absolute Gasteiger partial charge is 0.223 e. The molecule has 1 aromatic carbocycles. The highest BCUT2D eigenvalue weighted by Gasteiger charge is 2.39. The van der Waals surface area contributed by atoms with Gasteiger partial charge in [0.1, 0.15) is 0 Å². The zero-order valence-electron chi connectivity index (χ0n) is 19.9. The van der Waals surface area contributed by atoms with Crippen molar-refractivity contribution in [3.8, 4) is 5.75 Å². The van der Waals surface area contributed by atoms with Crippen LogP contribution in [-0.4, -0.2) is 60.3 Å². The van der Waals surface area contributed by atoms with Crippen LogP contribution in [0.25, 0.3) is 16.6 Å². The van der Waals surface area contributed by atoms with Crippen LogP contribution in [0, 0.1) is 5.82 Å². The summed E-state index contributed by atoms with van der Waals surface area (Å²) >= 11 is 0. The second kappa shape index (κ2) is 8.04. The van der Waals surface area contributed by atoms with Crippen molar-refractivity contribution < 1.29 is 14.2 Å². The molecule has 2 unspecified atom stereocenters. The lowest BCUT2D eigenvalue weighted by Gasteiger charge is -2.32.